The SMILES string of the molecule is CCC(C(C)=O)c1nc(CS(C)(=O)=O)no1. The van der Waals surface area contributed by atoms with Crippen LogP contribution in [0.4, 0.5) is 0 Å². The van der Waals surface area contributed by atoms with E-state index in [0.717, 1.165) is 6.26 Å². The van der Waals surface area contributed by atoms with Gasteiger partial charge >= 0.3 is 0 Å². The Morgan fingerprint density at radius 1 is 1.50 bits per heavy atom. The molecule has 1 rings (SSSR count). The zero-order valence-corrected chi connectivity index (χ0v) is 10.2. The summed E-state index contributed by atoms with van der Waals surface area (Å²) < 4.78 is 26.9. The Balaban J connectivity index is 2.90. The van der Waals surface area contributed by atoms with Crippen LogP contribution in [0.2, 0.25) is 0 Å². The first-order valence-corrected chi connectivity index (χ1v) is 6.90. The summed E-state index contributed by atoms with van der Waals surface area (Å²) in [6.07, 6.45) is 1.64. The van der Waals surface area contributed by atoms with Gasteiger partial charge in [0.1, 0.15) is 11.5 Å². The van der Waals surface area contributed by atoms with Crippen LogP contribution in [-0.4, -0.2) is 30.6 Å². The molecule has 0 spiro atoms. The van der Waals surface area contributed by atoms with E-state index < -0.39 is 15.8 Å². The van der Waals surface area contributed by atoms with Crippen molar-refractivity contribution in [1.82, 2.24) is 10.1 Å². The van der Waals surface area contributed by atoms with Gasteiger partial charge in [0, 0.05) is 6.26 Å². The zero-order valence-electron chi connectivity index (χ0n) is 9.43. The van der Waals surface area contributed by atoms with Crippen molar-refractivity contribution in [3.8, 4) is 0 Å². The van der Waals surface area contributed by atoms with Crippen molar-refractivity contribution in [3.05, 3.63) is 11.7 Å². The quantitative estimate of drug-likeness (QED) is 0.759. The van der Waals surface area contributed by atoms with Crippen molar-refractivity contribution >= 4 is 15.6 Å². The molecule has 0 aromatic carbocycles. The molecular weight excluding hydrogens is 232 g/mol. The normalized spacial score (nSPS) is 13.7. The minimum atomic E-state index is -3.19. The van der Waals surface area contributed by atoms with Crippen LogP contribution in [0, 0.1) is 0 Å². The fourth-order valence-electron chi connectivity index (χ4n) is 1.34. The predicted molar refractivity (Wildman–Crippen MR) is 56.6 cm³/mol. The summed E-state index contributed by atoms with van der Waals surface area (Å²) in [6.45, 7) is 3.26. The first-order valence-electron chi connectivity index (χ1n) is 4.84. The third-order valence-corrected chi connectivity index (χ3v) is 2.85. The first kappa shape index (κ1) is 12.8. The minimum absolute atomic E-state index is 0.0722. The molecule has 6 nitrogen and oxygen atoms in total. The third-order valence-electron chi connectivity index (χ3n) is 2.07. The topological polar surface area (TPSA) is 90.1 Å². The minimum Gasteiger partial charge on any atom is -0.339 e. The zero-order chi connectivity index (χ0) is 12.3. The molecule has 1 unspecified atom stereocenters. The van der Waals surface area contributed by atoms with E-state index in [4.69, 9.17) is 4.52 Å². The van der Waals surface area contributed by atoms with Gasteiger partial charge in [-0.2, -0.15) is 4.98 Å². The monoisotopic (exact) mass is 246 g/mol. The maximum absolute atomic E-state index is 11.2. The molecule has 1 aromatic heterocycles. The smallest absolute Gasteiger partial charge is 0.237 e. The van der Waals surface area contributed by atoms with Crippen LogP contribution in [-0.2, 0) is 20.4 Å². The van der Waals surface area contributed by atoms with E-state index in [-0.39, 0.29) is 23.3 Å². The highest BCUT2D eigenvalue weighted by atomic mass is 32.2. The predicted octanol–water partition coefficient (Wildman–Crippen LogP) is 0.697. The van der Waals surface area contributed by atoms with Gasteiger partial charge in [0.25, 0.3) is 0 Å². The van der Waals surface area contributed by atoms with E-state index in [9.17, 15) is 13.2 Å². The third kappa shape index (κ3) is 3.41. The van der Waals surface area contributed by atoms with E-state index >= 15 is 0 Å². The van der Waals surface area contributed by atoms with Crippen LogP contribution in [0.5, 0.6) is 0 Å². The summed E-state index contributed by atoms with van der Waals surface area (Å²) >= 11 is 0. The molecule has 7 heteroatoms. The van der Waals surface area contributed by atoms with Crippen molar-refractivity contribution < 1.29 is 17.7 Å². The van der Waals surface area contributed by atoms with E-state index in [2.05, 4.69) is 10.1 Å². The molecule has 16 heavy (non-hydrogen) atoms. The second-order valence-electron chi connectivity index (χ2n) is 3.69. The molecule has 0 aliphatic rings. The average molecular weight is 246 g/mol. The highest BCUT2D eigenvalue weighted by Gasteiger charge is 2.22. The lowest BCUT2D eigenvalue weighted by atomic mass is 10.0. The van der Waals surface area contributed by atoms with Crippen molar-refractivity contribution in [2.45, 2.75) is 31.9 Å². The molecule has 90 valence electrons. The van der Waals surface area contributed by atoms with Crippen molar-refractivity contribution in [1.29, 1.82) is 0 Å². The number of sulfone groups is 1. The summed E-state index contributed by atoms with van der Waals surface area (Å²) in [5.74, 6) is -0.506. The Bertz CT molecular complexity index is 477. The van der Waals surface area contributed by atoms with Crippen LogP contribution in [0.15, 0.2) is 4.52 Å². The standard InChI is InChI=1S/C9H14N2O4S/c1-4-7(6(2)12)9-10-8(11-15-9)5-16(3,13)14/h7H,4-5H2,1-3H3. The van der Waals surface area contributed by atoms with Crippen LogP contribution >= 0.6 is 0 Å². The Morgan fingerprint density at radius 3 is 2.56 bits per heavy atom. The lowest BCUT2D eigenvalue weighted by Gasteiger charge is -2.03. The molecule has 0 saturated heterocycles. The average Bonchev–Trinajstić information content (AvgIpc) is 2.50. The second kappa shape index (κ2) is 4.73. The van der Waals surface area contributed by atoms with E-state index in [1.807, 2.05) is 6.92 Å². The van der Waals surface area contributed by atoms with Crippen molar-refractivity contribution in [3.63, 3.8) is 0 Å². The lowest BCUT2D eigenvalue weighted by Crippen LogP contribution is -2.08. The van der Waals surface area contributed by atoms with E-state index in [0.29, 0.717) is 6.42 Å². The Hall–Kier alpha value is -1.24. The number of carbonyl (C=O) groups is 1. The van der Waals surface area contributed by atoms with Gasteiger partial charge in [-0.25, -0.2) is 8.42 Å². The Kier molecular flexibility index (Phi) is 3.79. The van der Waals surface area contributed by atoms with Crippen LogP contribution in [0.1, 0.15) is 37.9 Å². The highest BCUT2D eigenvalue weighted by molar-refractivity contribution is 7.89. The van der Waals surface area contributed by atoms with Crippen LogP contribution in [0.25, 0.3) is 0 Å². The van der Waals surface area contributed by atoms with Crippen molar-refractivity contribution in [2.24, 2.45) is 0 Å². The van der Waals surface area contributed by atoms with Gasteiger partial charge in [0.05, 0.1) is 5.92 Å². The Morgan fingerprint density at radius 2 is 2.12 bits per heavy atom. The van der Waals surface area contributed by atoms with Gasteiger partial charge < -0.3 is 4.52 Å². The molecule has 1 atom stereocenters. The number of hydrogen-bond acceptors (Lipinski definition) is 6. The number of Topliss-reactive ketones (excluding diaryl/α,β-unsaturated/α-hetero) is 1. The van der Waals surface area contributed by atoms with Crippen LogP contribution < -0.4 is 0 Å². The maximum Gasteiger partial charge on any atom is 0.237 e. The molecule has 0 N–H and O–H groups in total. The summed E-state index contributed by atoms with van der Waals surface area (Å²) in [6, 6.07) is 0. The lowest BCUT2D eigenvalue weighted by molar-refractivity contribution is -0.119. The van der Waals surface area contributed by atoms with Gasteiger partial charge in [-0.05, 0) is 13.3 Å². The number of nitrogens with zero attached hydrogens (tertiary/aromatic N) is 2. The van der Waals surface area contributed by atoms with Gasteiger partial charge in [0.15, 0.2) is 15.7 Å². The summed E-state index contributed by atoms with van der Waals surface area (Å²) in [7, 11) is -3.19. The fourth-order valence-corrected chi connectivity index (χ4v) is 1.92. The van der Waals surface area contributed by atoms with Gasteiger partial charge in [0.2, 0.25) is 5.89 Å². The van der Waals surface area contributed by atoms with Crippen molar-refractivity contribution in [2.75, 3.05) is 6.26 Å². The molecule has 0 fully saturated rings. The molecule has 0 radical (unpaired) electrons. The second-order valence-corrected chi connectivity index (χ2v) is 5.83. The van der Waals surface area contributed by atoms with E-state index in [1.165, 1.54) is 6.92 Å². The van der Waals surface area contributed by atoms with Gasteiger partial charge in [-0.15, -0.1) is 0 Å². The summed E-state index contributed by atoms with van der Waals surface area (Å²) in [4.78, 5) is 15.1. The number of hydrogen-bond donors (Lipinski definition) is 0. The first-order chi connectivity index (χ1) is 7.33. The van der Waals surface area contributed by atoms with Gasteiger partial charge in [-0.3, -0.25) is 4.79 Å². The fraction of sp³-hybridized carbons (Fsp3) is 0.667. The summed E-state index contributed by atoms with van der Waals surface area (Å²) in [5, 5.41) is 3.54. The number of ketones is 1. The molecule has 0 aliphatic carbocycles. The molecule has 0 amide bonds. The number of aromatic nitrogens is 2. The molecule has 1 heterocycles. The molecule has 1 aromatic rings. The van der Waals surface area contributed by atoms with Crippen LogP contribution in [0.3, 0.4) is 0 Å². The largest absolute Gasteiger partial charge is 0.339 e. The maximum atomic E-state index is 11.2. The highest BCUT2D eigenvalue weighted by Crippen LogP contribution is 2.18. The Labute approximate surface area is 94.0 Å². The number of carbonyl (C=O) groups excluding carboxylic acids is 1. The molecule has 0 saturated carbocycles. The van der Waals surface area contributed by atoms with E-state index in [1.54, 1.807) is 0 Å². The molecule has 0 aliphatic heterocycles. The number of rotatable bonds is 5. The molecule has 0 bridgehead atoms. The molecular formula is C9H14N2O4S. The van der Waals surface area contributed by atoms with Gasteiger partial charge in [-0.1, -0.05) is 12.1 Å². The summed E-state index contributed by atoms with van der Waals surface area (Å²) in [5.41, 5.74) is 0.